The highest BCUT2D eigenvalue weighted by atomic mass is 16.1. The maximum absolute atomic E-state index is 12.1. The lowest BCUT2D eigenvalue weighted by Crippen LogP contribution is -2.24. The molecule has 0 heterocycles. The smallest absolute Gasteiger partial charge is 0.159 e. The van der Waals surface area contributed by atoms with Crippen LogP contribution < -0.4 is 0 Å². The van der Waals surface area contributed by atoms with Crippen molar-refractivity contribution in [3.8, 4) is 35.5 Å². The number of hydrogen-bond donors (Lipinski definition) is 0. The molecule has 2 heteroatoms. The molecule has 0 aromatic carbocycles. The van der Waals surface area contributed by atoms with Gasteiger partial charge in [0.15, 0.2) is 11.6 Å². The van der Waals surface area contributed by atoms with E-state index in [1.165, 1.54) is 0 Å². The molecule has 42 heavy (non-hydrogen) atoms. The first kappa shape index (κ1) is 34.1. The molecular formula is C40H46O2. The fourth-order valence-electron chi connectivity index (χ4n) is 4.80. The monoisotopic (exact) mass is 558 g/mol. The van der Waals surface area contributed by atoms with Crippen LogP contribution in [0.4, 0.5) is 0 Å². The van der Waals surface area contributed by atoms with Gasteiger partial charge in [0, 0.05) is 35.1 Å². The summed E-state index contributed by atoms with van der Waals surface area (Å²) in [5.74, 6) is 19.5. The van der Waals surface area contributed by atoms with Gasteiger partial charge in [0.1, 0.15) is 0 Å². The fourth-order valence-corrected chi connectivity index (χ4v) is 4.80. The number of Topliss-reactive ketones (excluding diaryl/α,β-unsaturated/α-hetero) is 2. The van der Waals surface area contributed by atoms with Crippen LogP contribution in [0.1, 0.15) is 94.9 Å². The van der Waals surface area contributed by atoms with Crippen LogP contribution in [-0.4, -0.2) is 11.6 Å². The number of ketones is 2. The van der Waals surface area contributed by atoms with Crippen LogP contribution in [0.5, 0.6) is 0 Å². The average molecular weight is 559 g/mol. The second-order valence-electron chi connectivity index (χ2n) is 12.6. The molecule has 0 bridgehead atoms. The van der Waals surface area contributed by atoms with E-state index >= 15 is 0 Å². The van der Waals surface area contributed by atoms with Crippen molar-refractivity contribution in [2.24, 2.45) is 10.8 Å². The van der Waals surface area contributed by atoms with Gasteiger partial charge in [-0.1, -0.05) is 99.7 Å². The van der Waals surface area contributed by atoms with Gasteiger partial charge in [-0.15, -0.1) is 0 Å². The molecule has 0 aromatic heterocycles. The van der Waals surface area contributed by atoms with Crippen molar-refractivity contribution >= 4 is 11.6 Å². The minimum Gasteiger partial charge on any atom is -0.295 e. The molecule has 0 saturated heterocycles. The zero-order chi connectivity index (χ0) is 31.5. The van der Waals surface area contributed by atoms with Gasteiger partial charge in [-0.25, -0.2) is 0 Å². The van der Waals surface area contributed by atoms with Crippen molar-refractivity contribution in [2.75, 3.05) is 0 Å². The van der Waals surface area contributed by atoms with Gasteiger partial charge in [0.05, 0.1) is 0 Å². The SMILES string of the molecule is CC1=C(C#C/C(C)=C/C=C/C(C)=C/C#C/C=C(C)/C=C/C=C(\C)C#CC2=C(C)C(=O)CCC2(C)C)C(C)(C)CCC1=O. The molecule has 2 rings (SSSR count). The molecule has 0 amide bonds. The highest BCUT2D eigenvalue weighted by molar-refractivity contribution is 5.98. The first-order chi connectivity index (χ1) is 19.6. The molecule has 0 spiro atoms. The molecule has 0 radical (unpaired) electrons. The first-order valence-corrected chi connectivity index (χ1v) is 14.7. The third-order valence-corrected chi connectivity index (χ3v) is 7.76. The summed E-state index contributed by atoms with van der Waals surface area (Å²) in [5.41, 5.74) is 7.41. The summed E-state index contributed by atoms with van der Waals surface area (Å²) in [7, 11) is 0. The number of carbonyl (C=O) groups excluding carboxylic acids is 2. The predicted octanol–water partition coefficient (Wildman–Crippen LogP) is 9.31. The minimum absolute atomic E-state index is 0.0566. The topological polar surface area (TPSA) is 34.1 Å². The zero-order valence-electron chi connectivity index (χ0n) is 27.3. The molecule has 0 saturated carbocycles. The summed E-state index contributed by atoms with van der Waals surface area (Å²) in [6.07, 6.45) is 18.6. The lowest BCUT2D eigenvalue weighted by atomic mass is 9.72. The summed E-state index contributed by atoms with van der Waals surface area (Å²) in [6.45, 7) is 20.4. The quantitative estimate of drug-likeness (QED) is 0.254. The lowest BCUT2D eigenvalue weighted by molar-refractivity contribution is -0.117. The van der Waals surface area contributed by atoms with Crippen molar-refractivity contribution in [1.82, 2.24) is 0 Å². The van der Waals surface area contributed by atoms with Gasteiger partial charge >= 0.3 is 0 Å². The maximum Gasteiger partial charge on any atom is 0.159 e. The normalized spacial score (nSPS) is 19.9. The second kappa shape index (κ2) is 15.2. The second-order valence-corrected chi connectivity index (χ2v) is 12.6. The Morgan fingerprint density at radius 2 is 1.00 bits per heavy atom. The molecule has 2 aliphatic rings. The lowest BCUT2D eigenvalue weighted by Gasteiger charge is -2.30. The molecular weight excluding hydrogens is 512 g/mol. The van der Waals surface area contributed by atoms with Crippen LogP contribution in [0.2, 0.25) is 0 Å². The van der Waals surface area contributed by atoms with Crippen LogP contribution >= 0.6 is 0 Å². The highest BCUT2D eigenvalue weighted by Gasteiger charge is 2.32. The van der Waals surface area contributed by atoms with E-state index in [2.05, 4.69) is 63.2 Å². The van der Waals surface area contributed by atoms with E-state index in [-0.39, 0.29) is 22.4 Å². The number of carbonyl (C=O) groups is 2. The van der Waals surface area contributed by atoms with Crippen LogP contribution in [0.15, 0.2) is 93.2 Å². The van der Waals surface area contributed by atoms with Crippen molar-refractivity contribution in [1.29, 1.82) is 0 Å². The van der Waals surface area contributed by atoms with Gasteiger partial charge in [0.2, 0.25) is 0 Å². The minimum atomic E-state index is -0.0566. The van der Waals surface area contributed by atoms with Crippen molar-refractivity contribution in [2.45, 2.75) is 94.9 Å². The van der Waals surface area contributed by atoms with Gasteiger partial charge in [-0.2, -0.15) is 0 Å². The van der Waals surface area contributed by atoms with Crippen LogP contribution in [-0.2, 0) is 9.59 Å². The van der Waals surface area contributed by atoms with Crippen LogP contribution in [0.3, 0.4) is 0 Å². The largest absolute Gasteiger partial charge is 0.295 e. The molecule has 218 valence electrons. The Kier molecular flexibility index (Phi) is 12.4. The number of hydrogen-bond acceptors (Lipinski definition) is 2. The number of rotatable bonds is 4. The molecule has 0 N–H and O–H groups in total. The standard InChI is InChI=1S/C40H46O2/c1-29(17-13-19-31(3)21-23-35-33(5)37(41)25-27-39(35,7)8)15-11-12-16-30(2)18-14-20-32(4)22-24-36-34(6)38(42)26-28-40(36,9)10/h13-20H,25-28H2,1-10H3/b17-13+,18-14+,29-15+,30-16+,31-19+,32-20+. The fraction of sp³-hybridized carbons (Fsp3) is 0.400. The highest BCUT2D eigenvalue weighted by Crippen LogP contribution is 2.39. The Balaban J connectivity index is 1.98. The Bertz CT molecular complexity index is 1430. The molecule has 2 aliphatic carbocycles. The molecule has 0 aliphatic heterocycles. The molecule has 0 atom stereocenters. The Labute approximate surface area is 255 Å². The summed E-state index contributed by atoms with van der Waals surface area (Å²) in [4.78, 5) is 24.2. The van der Waals surface area contributed by atoms with Crippen LogP contribution in [0.25, 0.3) is 0 Å². The third kappa shape index (κ3) is 10.4. The summed E-state index contributed by atoms with van der Waals surface area (Å²) in [5, 5.41) is 0. The van der Waals surface area contributed by atoms with E-state index < -0.39 is 0 Å². The van der Waals surface area contributed by atoms with Gasteiger partial charge in [0.25, 0.3) is 0 Å². The summed E-state index contributed by atoms with van der Waals surface area (Å²) < 4.78 is 0. The number of allylic oxidation sites excluding steroid dienone is 16. The molecule has 0 aromatic rings. The molecule has 0 unspecified atom stereocenters. The average Bonchev–Trinajstić information content (AvgIpc) is 2.91. The maximum atomic E-state index is 12.1. The third-order valence-electron chi connectivity index (χ3n) is 7.76. The molecule has 0 fully saturated rings. The zero-order valence-corrected chi connectivity index (χ0v) is 27.3. The molecule has 2 nitrogen and oxygen atoms in total. The van der Waals surface area contributed by atoms with E-state index in [4.69, 9.17) is 0 Å². The Hall–Kier alpha value is -4.06. The van der Waals surface area contributed by atoms with E-state index in [0.717, 1.165) is 57.4 Å². The van der Waals surface area contributed by atoms with Gasteiger partial charge in [-0.3, -0.25) is 9.59 Å². The van der Waals surface area contributed by atoms with Crippen molar-refractivity contribution < 1.29 is 9.59 Å². The Morgan fingerprint density at radius 1 is 0.643 bits per heavy atom. The Morgan fingerprint density at radius 3 is 1.36 bits per heavy atom. The predicted molar refractivity (Wildman–Crippen MR) is 178 cm³/mol. The summed E-state index contributed by atoms with van der Waals surface area (Å²) >= 11 is 0. The first-order valence-electron chi connectivity index (χ1n) is 14.7. The van der Waals surface area contributed by atoms with E-state index in [0.29, 0.717) is 12.8 Å². The van der Waals surface area contributed by atoms with Crippen molar-refractivity contribution in [3.05, 3.63) is 93.2 Å². The van der Waals surface area contributed by atoms with Gasteiger partial charge in [-0.05, 0) is 99.7 Å². The van der Waals surface area contributed by atoms with Gasteiger partial charge < -0.3 is 0 Å². The van der Waals surface area contributed by atoms with E-state index in [1.807, 2.05) is 90.2 Å². The van der Waals surface area contributed by atoms with Crippen molar-refractivity contribution in [3.63, 3.8) is 0 Å². The van der Waals surface area contributed by atoms with E-state index in [9.17, 15) is 9.59 Å². The summed E-state index contributed by atoms with van der Waals surface area (Å²) in [6, 6.07) is 0. The van der Waals surface area contributed by atoms with E-state index in [1.54, 1.807) is 0 Å². The van der Waals surface area contributed by atoms with Crippen LogP contribution in [0, 0.1) is 46.4 Å².